The van der Waals surface area contributed by atoms with Crippen LogP contribution in [0.3, 0.4) is 0 Å². The molecule has 96 valence electrons. The Morgan fingerprint density at radius 1 is 1.53 bits per heavy atom. The lowest BCUT2D eigenvalue weighted by molar-refractivity contribution is 0.0573. The first kappa shape index (κ1) is 12.6. The molecule has 0 aromatic carbocycles. The van der Waals surface area contributed by atoms with E-state index in [2.05, 4.69) is 10.2 Å². The summed E-state index contributed by atoms with van der Waals surface area (Å²) in [7, 11) is 1.95. The molecule has 1 aromatic rings. The highest BCUT2D eigenvalue weighted by molar-refractivity contribution is 6.20. The van der Waals surface area contributed by atoms with E-state index in [1.54, 1.807) is 0 Å². The Balaban J connectivity index is 1.91. The minimum absolute atomic E-state index is 0.248. The maximum atomic E-state index is 5.88. The van der Waals surface area contributed by atoms with Crippen molar-refractivity contribution in [3.05, 3.63) is 5.89 Å². The van der Waals surface area contributed by atoms with E-state index < -0.39 is 0 Å². The largest absolute Gasteiger partial charge is 0.406 e. The molecule has 1 aliphatic heterocycles. The quantitative estimate of drug-likeness (QED) is 0.776. The third kappa shape index (κ3) is 3.33. The topological polar surface area (TPSA) is 51.4 Å². The summed E-state index contributed by atoms with van der Waals surface area (Å²) in [6, 6.07) is 0.526. The van der Waals surface area contributed by atoms with Gasteiger partial charge in [0.1, 0.15) is 5.38 Å². The van der Waals surface area contributed by atoms with Crippen LogP contribution in [-0.2, 0) is 4.74 Å². The Kier molecular flexibility index (Phi) is 4.23. The van der Waals surface area contributed by atoms with Crippen molar-refractivity contribution in [3.8, 4) is 0 Å². The van der Waals surface area contributed by atoms with Gasteiger partial charge in [-0.3, -0.25) is 0 Å². The fourth-order valence-corrected chi connectivity index (χ4v) is 2.05. The number of alkyl halides is 1. The van der Waals surface area contributed by atoms with E-state index in [1.165, 1.54) is 6.42 Å². The van der Waals surface area contributed by atoms with Crippen LogP contribution in [0.2, 0.25) is 0 Å². The molecule has 0 saturated carbocycles. The van der Waals surface area contributed by atoms with E-state index >= 15 is 0 Å². The average Bonchev–Trinajstić information content (AvgIpc) is 2.79. The summed E-state index contributed by atoms with van der Waals surface area (Å²) in [4.78, 5) is 1.97. The van der Waals surface area contributed by atoms with Crippen LogP contribution in [-0.4, -0.2) is 37.0 Å². The van der Waals surface area contributed by atoms with Crippen molar-refractivity contribution in [2.45, 2.75) is 25.1 Å². The molecule has 2 atom stereocenters. The molecule has 2 heterocycles. The van der Waals surface area contributed by atoms with E-state index in [1.807, 2.05) is 18.9 Å². The van der Waals surface area contributed by atoms with Crippen LogP contribution in [0.4, 0.5) is 6.01 Å². The van der Waals surface area contributed by atoms with E-state index in [4.69, 9.17) is 20.8 Å². The number of nitrogens with zero attached hydrogens (tertiary/aromatic N) is 3. The van der Waals surface area contributed by atoms with E-state index in [-0.39, 0.29) is 5.38 Å². The Hall–Kier alpha value is -0.810. The molecule has 5 nitrogen and oxygen atoms in total. The van der Waals surface area contributed by atoms with Crippen molar-refractivity contribution < 1.29 is 9.15 Å². The number of aromatic nitrogens is 2. The molecule has 0 radical (unpaired) electrons. The van der Waals surface area contributed by atoms with Gasteiger partial charge in [-0.25, -0.2) is 0 Å². The number of hydrogen-bond acceptors (Lipinski definition) is 5. The Labute approximate surface area is 106 Å². The molecule has 17 heavy (non-hydrogen) atoms. The van der Waals surface area contributed by atoms with Gasteiger partial charge in [0.25, 0.3) is 0 Å². The minimum Gasteiger partial charge on any atom is -0.406 e. The normalized spacial score (nSPS) is 22.4. The molecule has 1 saturated heterocycles. The highest BCUT2D eigenvalue weighted by Gasteiger charge is 2.19. The molecule has 2 rings (SSSR count). The number of anilines is 1. The molecule has 0 spiro atoms. The lowest BCUT2D eigenvalue weighted by atomic mass is 10.0. The highest BCUT2D eigenvalue weighted by Crippen LogP contribution is 2.22. The van der Waals surface area contributed by atoms with Crippen LogP contribution < -0.4 is 4.90 Å². The Morgan fingerprint density at radius 2 is 2.35 bits per heavy atom. The fraction of sp³-hybridized carbons (Fsp3) is 0.818. The van der Waals surface area contributed by atoms with Crippen molar-refractivity contribution in [2.75, 3.05) is 31.7 Å². The molecule has 0 bridgehead atoms. The first-order valence-corrected chi connectivity index (χ1v) is 6.37. The lowest BCUT2D eigenvalue weighted by Crippen LogP contribution is -2.31. The van der Waals surface area contributed by atoms with Gasteiger partial charge in [-0.15, -0.1) is 16.7 Å². The predicted octanol–water partition coefficient (Wildman–Crippen LogP) is 2.23. The maximum absolute atomic E-state index is 5.88. The predicted molar refractivity (Wildman–Crippen MR) is 65.4 cm³/mol. The zero-order chi connectivity index (χ0) is 12.3. The summed E-state index contributed by atoms with van der Waals surface area (Å²) in [5, 5.41) is 7.65. The molecule has 0 amide bonds. The fourth-order valence-electron chi connectivity index (χ4n) is 1.96. The molecular weight excluding hydrogens is 242 g/mol. The summed E-state index contributed by atoms with van der Waals surface area (Å²) < 4.78 is 10.9. The van der Waals surface area contributed by atoms with Crippen molar-refractivity contribution in [1.29, 1.82) is 0 Å². The third-order valence-electron chi connectivity index (χ3n) is 2.88. The lowest BCUT2D eigenvalue weighted by Gasteiger charge is -2.25. The van der Waals surface area contributed by atoms with Gasteiger partial charge in [-0.1, -0.05) is 5.10 Å². The van der Waals surface area contributed by atoms with Crippen LogP contribution >= 0.6 is 11.6 Å². The molecule has 0 aliphatic carbocycles. The first-order valence-electron chi connectivity index (χ1n) is 5.93. The van der Waals surface area contributed by atoms with Gasteiger partial charge in [0.15, 0.2) is 0 Å². The van der Waals surface area contributed by atoms with E-state index in [9.17, 15) is 0 Å². The van der Waals surface area contributed by atoms with Crippen LogP contribution in [0, 0.1) is 5.92 Å². The summed E-state index contributed by atoms with van der Waals surface area (Å²) in [6.07, 6.45) is 2.32. The standard InChI is InChI=1S/C11H18ClN3O2/c1-8(12)10-13-14-11(17-10)15(2)6-9-4-3-5-16-7-9/h8-9H,3-7H2,1-2H3. The zero-order valence-corrected chi connectivity index (χ0v) is 11.0. The summed E-state index contributed by atoms with van der Waals surface area (Å²) in [5.41, 5.74) is 0. The van der Waals surface area contributed by atoms with Gasteiger partial charge in [-0.2, -0.15) is 0 Å². The highest BCUT2D eigenvalue weighted by atomic mass is 35.5. The molecule has 2 unspecified atom stereocenters. The second-order valence-electron chi connectivity index (χ2n) is 4.50. The third-order valence-corrected chi connectivity index (χ3v) is 3.07. The molecule has 1 fully saturated rings. The van der Waals surface area contributed by atoms with Gasteiger partial charge >= 0.3 is 6.01 Å². The van der Waals surface area contributed by atoms with Crippen LogP contribution in [0.1, 0.15) is 31.0 Å². The van der Waals surface area contributed by atoms with Gasteiger partial charge in [0.05, 0.1) is 6.61 Å². The monoisotopic (exact) mass is 259 g/mol. The second kappa shape index (κ2) is 5.69. The summed E-state index contributed by atoms with van der Waals surface area (Å²) >= 11 is 5.88. The zero-order valence-electron chi connectivity index (χ0n) is 10.2. The minimum atomic E-state index is -0.248. The second-order valence-corrected chi connectivity index (χ2v) is 5.16. The van der Waals surface area contributed by atoms with Crippen molar-refractivity contribution in [3.63, 3.8) is 0 Å². The summed E-state index contributed by atoms with van der Waals surface area (Å²) in [5.74, 6) is 1.01. The van der Waals surface area contributed by atoms with Crippen LogP contribution in [0.15, 0.2) is 4.42 Å². The van der Waals surface area contributed by atoms with Gasteiger partial charge in [0.2, 0.25) is 5.89 Å². The molecule has 0 N–H and O–H groups in total. The Bertz CT molecular complexity index is 350. The molecule has 1 aromatic heterocycles. The first-order chi connectivity index (χ1) is 8.16. The van der Waals surface area contributed by atoms with Crippen molar-refractivity contribution >= 4 is 17.6 Å². The molecular formula is C11H18ClN3O2. The smallest absolute Gasteiger partial charge is 0.317 e. The van der Waals surface area contributed by atoms with E-state index in [0.717, 1.165) is 26.2 Å². The summed E-state index contributed by atoms with van der Waals surface area (Å²) in [6.45, 7) is 4.39. The number of rotatable bonds is 4. The Morgan fingerprint density at radius 3 is 2.94 bits per heavy atom. The van der Waals surface area contributed by atoms with Crippen LogP contribution in [0.25, 0.3) is 0 Å². The SMILES string of the molecule is CC(Cl)c1nnc(N(C)CC2CCCOC2)o1. The van der Waals surface area contributed by atoms with Crippen molar-refractivity contribution in [2.24, 2.45) is 5.92 Å². The molecule has 6 heteroatoms. The number of halogens is 1. The van der Waals surface area contributed by atoms with Gasteiger partial charge in [-0.05, 0) is 19.8 Å². The van der Waals surface area contributed by atoms with Crippen molar-refractivity contribution in [1.82, 2.24) is 10.2 Å². The van der Waals surface area contributed by atoms with Crippen LogP contribution in [0.5, 0.6) is 0 Å². The number of hydrogen-bond donors (Lipinski definition) is 0. The average molecular weight is 260 g/mol. The molecule has 1 aliphatic rings. The van der Waals surface area contributed by atoms with Gasteiger partial charge in [0, 0.05) is 26.1 Å². The number of ether oxygens (including phenoxy) is 1. The van der Waals surface area contributed by atoms with E-state index in [0.29, 0.717) is 17.8 Å². The van der Waals surface area contributed by atoms with Gasteiger partial charge < -0.3 is 14.1 Å². The maximum Gasteiger partial charge on any atom is 0.317 e.